The number of carboxylic acid groups (broad SMARTS) is 1. The number of allylic oxidation sites excluding steroid dienone is 1. The van der Waals surface area contributed by atoms with Crippen LogP contribution in [0.2, 0.25) is 0 Å². The lowest BCUT2D eigenvalue weighted by Crippen LogP contribution is -2.52. The van der Waals surface area contributed by atoms with E-state index in [1.807, 2.05) is 0 Å². The van der Waals surface area contributed by atoms with Gasteiger partial charge >= 0.3 is 5.97 Å². The molecule has 3 aliphatic rings. The first kappa shape index (κ1) is 21.1. The maximum Gasteiger partial charge on any atom is 0.314 e. The zero-order valence-electron chi connectivity index (χ0n) is 15.8. The molecule has 0 aromatic rings. The van der Waals surface area contributed by atoms with Crippen LogP contribution in [0.15, 0.2) is 10.3 Å². The van der Waals surface area contributed by atoms with Crippen LogP contribution in [-0.4, -0.2) is 90.0 Å². The molecule has 0 bridgehead atoms. The van der Waals surface area contributed by atoms with Gasteiger partial charge in [0.1, 0.15) is 5.92 Å². The lowest BCUT2D eigenvalue weighted by molar-refractivity contribution is -0.146. The lowest BCUT2D eigenvalue weighted by Gasteiger charge is -2.39. The normalized spacial score (nSPS) is 29.1. The minimum atomic E-state index is -1.05. The number of ketones is 1. The first-order valence-corrected chi connectivity index (χ1v) is 11.2. The molecule has 3 heterocycles. The van der Waals surface area contributed by atoms with E-state index in [4.69, 9.17) is 9.47 Å². The molecular weight excluding hydrogens is 388 g/mol. The van der Waals surface area contributed by atoms with Crippen LogP contribution in [0.5, 0.6) is 0 Å². The van der Waals surface area contributed by atoms with E-state index in [9.17, 15) is 14.7 Å². The number of carbonyl (C=O) groups is 2. The Morgan fingerprint density at radius 1 is 1.00 bits per heavy atom. The Kier molecular flexibility index (Phi) is 7.64. The van der Waals surface area contributed by atoms with Crippen molar-refractivity contribution in [2.24, 2.45) is 11.8 Å². The van der Waals surface area contributed by atoms with Crippen molar-refractivity contribution < 1.29 is 24.2 Å². The molecule has 9 heteroatoms. The zero-order valence-corrected chi connectivity index (χ0v) is 17.5. The standard InChI is InChI=1S/C18H28N2O5S2/c1-12(2)15(18(22)23)13(21)11-14-26-16(19-3-7-24-8-4-19)17(27-14)20-5-9-25-10-6-20/h11-12,15-17H,3-10H2,1-2H3,(H,22,23). The minimum absolute atomic E-state index is 0.228. The molecule has 3 saturated heterocycles. The van der Waals surface area contributed by atoms with Crippen LogP contribution in [0, 0.1) is 11.8 Å². The third kappa shape index (κ3) is 5.27. The van der Waals surface area contributed by atoms with E-state index in [0.29, 0.717) is 0 Å². The number of thioether (sulfide) groups is 2. The first-order chi connectivity index (χ1) is 13.0. The van der Waals surface area contributed by atoms with Gasteiger partial charge in [0.2, 0.25) is 0 Å². The van der Waals surface area contributed by atoms with E-state index < -0.39 is 11.9 Å². The Hall–Kier alpha value is -0.580. The van der Waals surface area contributed by atoms with Crippen LogP contribution in [0.4, 0.5) is 0 Å². The van der Waals surface area contributed by atoms with E-state index in [-0.39, 0.29) is 22.4 Å². The van der Waals surface area contributed by atoms with Crippen molar-refractivity contribution >= 4 is 35.3 Å². The summed E-state index contributed by atoms with van der Waals surface area (Å²) in [5, 5.41) is 9.86. The highest BCUT2D eigenvalue weighted by atomic mass is 32.2. The van der Waals surface area contributed by atoms with Crippen molar-refractivity contribution in [2.75, 3.05) is 52.6 Å². The average Bonchev–Trinajstić information content (AvgIpc) is 3.06. The molecule has 0 radical (unpaired) electrons. The van der Waals surface area contributed by atoms with Crippen molar-refractivity contribution in [3.63, 3.8) is 0 Å². The van der Waals surface area contributed by atoms with Crippen LogP contribution in [0.25, 0.3) is 0 Å². The molecule has 1 N–H and O–H groups in total. The van der Waals surface area contributed by atoms with Crippen molar-refractivity contribution in [1.29, 1.82) is 0 Å². The Balaban J connectivity index is 1.76. The molecule has 0 aliphatic carbocycles. The molecule has 27 heavy (non-hydrogen) atoms. The summed E-state index contributed by atoms with van der Waals surface area (Å²) in [6.07, 6.45) is 1.56. The first-order valence-electron chi connectivity index (χ1n) is 9.42. The summed E-state index contributed by atoms with van der Waals surface area (Å²) in [5.41, 5.74) is 0. The maximum atomic E-state index is 12.6. The van der Waals surface area contributed by atoms with Crippen molar-refractivity contribution in [3.8, 4) is 0 Å². The summed E-state index contributed by atoms with van der Waals surface area (Å²) in [4.78, 5) is 28.9. The fraction of sp³-hybridized carbons (Fsp3) is 0.778. The van der Waals surface area contributed by atoms with Crippen molar-refractivity contribution in [2.45, 2.75) is 24.6 Å². The fourth-order valence-electron chi connectivity index (χ4n) is 3.57. The van der Waals surface area contributed by atoms with E-state index in [0.717, 1.165) is 56.8 Å². The SMILES string of the molecule is CC(C)C(C(=O)O)C(=O)C=C1SC(N2CCOCC2)C(N2CCOCC2)S1. The molecular formula is C18H28N2O5S2. The van der Waals surface area contributed by atoms with Gasteiger partial charge in [-0.1, -0.05) is 37.4 Å². The van der Waals surface area contributed by atoms with Gasteiger partial charge in [0, 0.05) is 36.5 Å². The zero-order chi connectivity index (χ0) is 19.4. The van der Waals surface area contributed by atoms with Crippen LogP contribution >= 0.6 is 23.5 Å². The van der Waals surface area contributed by atoms with Crippen molar-refractivity contribution in [1.82, 2.24) is 9.80 Å². The van der Waals surface area contributed by atoms with Gasteiger partial charge in [-0.2, -0.15) is 0 Å². The number of hydrogen-bond donors (Lipinski definition) is 1. The van der Waals surface area contributed by atoms with Gasteiger partial charge in [0.25, 0.3) is 0 Å². The molecule has 0 aromatic carbocycles. The van der Waals surface area contributed by atoms with E-state index in [2.05, 4.69) is 9.80 Å². The molecule has 0 spiro atoms. The average molecular weight is 417 g/mol. The monoisotopic (exact) mass is 416 g/mol. The van der Waals surface area contributed by atoms with Gasteiger partial charge in [0.05, 0.1) is 37.2 Å². The quantitative estimate of drug-likeness (QED) is 0.512. The molecule has 7 nitrogen and oxygen atoms in total. The Labute approximate surface area is 168 Å². The van der Waals surface area contributed by atoms with Crippen LogP contribution in [-0.2, 0) is 19.1 Å². The molecule has 0 saturated carbocycles. The number of hydrogen-bond acceptors (Lipinski definition) is 8. The summed E-state index contributed by atoms with van der Waals surface area (Å²) in [5.74, 6) is -2.57. The summed E-state index contributed by atoms with van der Waals surface area (Å²) in [7, 11) is 0. The summed E-state index contributed by atoms with van der Waals surface area (Å²) in [6.45, 7) is 9.97. The predicted octanol–water partition coefficient (Wildman–Crippen LogP) is 1.55. The largest absolute Gasteiger partial charge is 0.481 e. The number of carbonyl (C=O) groups excluding carboxylic acids is 1. The number of carboxylic acids is 1. The molecule has 3 fully saturated rings. The highest BCUT2D eigenvalue weighted by molar-refractivity contribution is 8.25. The highest BCUT2D eigenvalue weighted by Crippen LogP contribution is 2.50. The predicted molar refractivity (Wildman–Crippen MR) is 107 cm³/mol. The van der Waals surface area contributed by atoms with E-state index in [1.54, 1.807) is 43.4 Å². The third-order valence-electron chi connectivity index (χ3n) is 5.03. The lowest BCUT2D eigenvalue weighted by atomic mass is 9.92. The summed E-state index contributed by atoms with van der Waals surface area (Å²) in [6, 6.07) is 0. The second-order valence-corrected chi connectivity index (χ2v) is 9.81. The molecule has 0 aromatic heterocycles. The molecule has 3 aliphatic heterocycles. The molecule has 3 atom stereocenters. The summed E-state index contributed by atoms with van der Waals surface area (Å²) < 4.78 is 11.9. The Bertz CT molecular complexity index is 546. The fourth-order valence-corrected chi connectivity index (χ4v) is 6.85. The molecule has 0 amide bonds. The van der Waals surface area contributed by atoms with Gasteiger partial charge in [-0.3, -0.25) is 19.4 Å². The maximum absolute atomic E-state index is 12.6. The molecule has 3 rings (SSSR count). The van der Waals surface area contributed by atoms with Gasteiger partial charge < -0.3 is 14.6 Å². The Morgan fingerprint density at radius 2 is 1.44 bits per heavy atom. The second kappa shape index (κ2) is 9.76. The van der Waals surface area contributed by atoms with Gasteiger partial charge in [0.15, 0.2) is 5.78 Å². The number of rotatable bonds is 6. The second-order valence-electron chi connectivity index (χ2n) is 7.24. The number of aliphatic carboxylic acids is 1. The summed E-state index contributed by atoms with van der Waals surface area (Å²) >= 11 is 3.37. The molecule has 152 valence electrons. The van der Waals surface area contributed by atoms with Gasteiger partial charge in [-0.25, -0.2) is 0 Å². The minimum Gasteiger partial charge on any atom is -0.481 e. The Morgan fingerprint density at radius 3 is 1.81 bits per heavy atom. The van der Waals surface area contributed by atoms with Crippen LogP contribution < -0.4 is 0 Å². The third-order valence-corrected chi connectivity index (χ3v) is 8.07. The van der Waals surface area contributed by atoms with Gasteiger partial charge in [-0.05, 0) is 5.92 Å². The highest BCUT2D eigenvalue weighted by Gasteiger charge is 2.41. The number of ether oxygens (including phenoxy) is 2. The smallest absolute Gasteiger partial charge is 0.314 e. The van der Waals surface area contributed by atoms with Crippen LogP contribution in [0.1, 0.15) is 13.8 Å². The van der Waals surface area contributed by atoms with Crippen molar-refractivity contribution in [3.05, 3.63) is 10.3 Å². The molecule has 3 unspecified atom stereocenters. The van der Waals surface area contributed by atoms with Gasteiger partial charge in [-0.15, -0.1) is 0 Å². The van der Waals surface area contributed by atoms with E-state index >= 15 is 0 Å². The number of morpholine rings is 2. The number of nitrogens with zero attached hydrogens (tertiary/aromatic N) is 2. The van der Waals surface area contributed by atoms with Crippen LogP contribution in [0.3, 0.4) is 0 Å². The topological polar surface area (TPSA) is 79.3 Å². The van der Waals surface area contributed by atoms with E-state index in [1.165, 1.54) is 0 Å².